The molecule has 0 aliphatic carbocycles. The van der Waals surface area contributed by atoms with E-state index in [1.807, 2.05) is 6.07 Å². The summed E-state index contributed by atoms with van der Waals surface area (Å²) in [6.45, 7) is 1.47. The van der Waals surface area contributed by atoms with E-state index in [9.17, 15) is 14.9 Å². The summed E-state index contributed by atoms with van der Waals surface area (Å²) in [6, 6.07) is 4.17. The Bertz CT molecular complexity index is 754. The molecule has 1 unspecified atom stereocenters. The normalized spacial score (nSPS) is 20.4. The van der Waals surface area contributed by atoms with Gasteiger partial charge in [-0.1, -0.05) is 17.5 Å². The van der Waals surface area contributed by atoms with Crippen molar-refractivity contribution in [2.45, 2.75) is 6.92 Å². The number of halogens is 3. The first-order chi connectivity index (χ1) is 10.9. The molecule has 0 radical (unpaired) electrons. The molecule has 1 heterocycles. The summed E-state index contributed by atoms with van der Waals surface area (Å²) >= 11 is 11.9. The highest BCUT2D eigenvalue weighted by Gasteiger charge is 2.39. The topological polar surface area (TPSA) is 59.3 Å². The number of hydrogen-bond donors (Lipinski definition) is 0. The van der Waals surface area contributed by atoms with Gasteiger partial charge in [0.1, 0.15) is 24.2 Å². The van der Waals surface area contributed by atoms with Crippen LogP contribution in [0.25, 0.3) is 0 Å². The second-order valence-electron chi connectivity index (χ2n) is 4.75. The summed E-state index contributed by atoms with van der Waals surface area (Å²) in [7, 11) is 0. The van der Waals surface area contributed by atoms with Crippen LogP contribution in [0.1, 0.15) is 6.92 Å². The Labute approximate surface area is 143 Å². The minimum Gasteiger partial charge on any atom is -0.625 e. The van der Waals surface area contributed by atoms with Crippen molar-refractivity contribution in [2.24, 2.45) is 0 Å². The van der Waals surface area contributed by atoms with Crippen molar-refractivity contribution in [3.63, 3.8) is 0 Å². The average Bonchev–Trinajstić information content (AvgIpc) is 2.78. The van der Waals surface area contributed by atoms with E-state index >= 15 is 0 Å². The molecule has 0 saturated carbocycles. The quantitative estimate of drug-likeness (QED) is 0.358. The van der Waals surface area contributed by atoms with Crippen LogP contribution in [-0.2, 0) is 0 Å². The van der Waals surface area contributed by atoms with E-state index in [-0.39, 0.29) is 47.1 Å². The Morgan fingerprint density at radius 1 is 1.52 bits per heavy atom. The van der Waals surface area contributed by atoms with Crippen LogP contribution in [0.5, 0.6) is 5.75 Å². The van der Waals surface area contributed by atoms with Gasteiger partial charge in [-0.3, -0.25) is 9.55 Å². The predicted molar refractivity (Wildman–Crippen MR) is 85.7 cm³/mol. The molecule has 1 aliphatic heterocycles. The lowest BCUT2D eigenvalue weighted by atomic mass is 10.2. The first-order valence-corrected chi connectivity index (χ1v) is 7.35. The predicted octanol–water partition coefficient (Wildman–Crippen LogP) is 3.53. The van der Waals surface area contributed by atoms with Crippen LogP contribution in [0.4, 0.5) is 10.1 Å². The number of rotatable bonds is 4. The molecule has 1 aliphatic rings. The molecule has 0 bridgehead atoms. The summed E-state index contributed by atoms with van der Waals surface area (Å²) in [4.78, 5) is 1.22. The molecule has 0 saturated heterocycles. The maximum Gasteiger partial charge on any atom is 0.238 e. The number of allylic oxidation sites excluding steroid dienone is 1. The number of hydroxylamine groups is 3. The lowest BCUT2D eigenvalue weighted by Crippen LogP contribution is -2.41. The molecule has 5 nitrogen and oxygen atoms in total. The van der Waals surface area contributed by atoms with Crippen molar-refractivity contribution >= 4 is 28.9 Å². The van der Waals surface area contributed by atoms with Crippen LogP contribution < -0.4 is 9.64 Å². The van der Waals surface area contributed by atoms with Crippen molar-refractivity contribution in [3.8, 4) is 24.2 Å². The summed E-state index contributed by atoms with van der Waals surface area (Å²) in [5.41, 5.74) is -0.131. The fraction of sp³-hybridized carbons (Fsp3) is 0.267. The lowest BCUT2D eigenvalue weighted by Gasteiger charge is -2.36. The fourth-order valence-corrected chi connectivity index (χ4v) is 2.68. The van der Waals surface area contributed by atoms with E-state index in [4.69, 9.17) is 34.4 Å². The maximum atomic E-state index is 14.3. The number of nitrogens with zero attached hydrogens (tertiary/aromatic N) is 3. The molecule has 0 aromatic heterocycles. The van der Waals surface area contributed by atoms with Crippen molar-refractivity contribution in [3.05, 3.63) is 39.0 Å². The smallest absolute Gasteiger partial charge is 0.238 e. The second-order valence-corrected chi connectivity index (χ2v) is 5.52. The summed E-state index contributed by atoms with van der Waals surface area (Å²) < 4.78 is 18.6. The SMILES string of the molecule is C#CCOc1cc(N2C[N+]([O-])(CC)C(Cl)=C2C#N)c(F)cc1Cl. The monoisotopic (exact) mass is 355 g/mol. The standard InChI is InChI=1S/C15H12Cl2FN3O2/c1-3-5-23-14-7-12(11(18)6-10(14)16)20-9-21(22,4-2)15(17)13(20)8-19/h1,6-7H,4-5,9H2,2H3. The van der Waals surface area contributed by atoms with Crippen LogP contribution >= 0.6 is 23.2 Å². The Hall–Kier alpha value is -1.96. The van der Waals surface area contributed by atoms with E-state index < -0.39 is 10.5 Å². The molecule has 0 spiro atoms. The molecular weight excluding hydrogens is 344 g/mol. The average molecular weight is 356 g/mol. The van der Waals surface area contributed by atoms with Gasteiger partial charge in [0.25, 0.3) is 0 Å². The van der Waals surface area contributed by atoms with Gasteiger partial charge in [0.15, 0.2) is 12.4 Å². The number of nitriles is 1. The van der Waals surface area contributed by atoms with Gasteiger partial charge in [-0.15, -0.1) is 6.42 Å². The van der Waals surface area contributed by atoms with Gasteiger partial charge in [-0.05, 0) is 24.6 Å². The fourth-order valence-electron chi connectivity index (χ4n) is 2.16. The Morgan fingerprint density at radius 2 is 2.22 bits per heavy atom. The molecule has 23 heavy (non-hydrogen) atoms. The van der Waals surface area contributed by atoms with Crippen LogP contribution in [0.15, 0.2) is 23.0 Å². The van der Waals surface area contributed by atoms with Crippen molar-refractivity contribution in [1.82, 2.24) is 0 Å². The first kappa shape index (κ1) is 17.4. The largest absolute Gasteiger partial charge is 0.625 e. The van der Waals surface area contributed by atoms with Crippen LogP contribution in [0, 0.1) is 34.7 Å². The number of quaternary nitrogens is 1. The number of benzene rings is 1. The first-order valence-electron chi connectivity index (χ1n) is 6.59. The third kappa shape index (κ3) is 3.08. The van der Waals surface area contributed by atoms with E-state index in [1.54, 1.807) is 6.92 Å². The maximum absolute atomic E-state index is 14.3. The van der Waals surface area contributed by atoms with Crippen molar-refractivity contribution in [1.29, 1.82) is 5.26 Å². The van der Waals surface area contributed by atoms with E-state index in [1.165, 1.54) is 11.0 Å². The third-order valence-corrected chi connectivity index (χ3v) is 4.20. The zero-order valence-electron chi connectivity index (χ0n) is 12.1. The highest BCUT2D eigenvalue weighted by atomic mass is 35.5. The zero-order chi connectivity index (χ0) is 17.2. The van der Waals surface area contributed by atoms with Crippen LogP contribution in [0.3, 0.4) is 0 Å². The number of terminal acetylenes is 1. The van der Waals surface area contributed by atoms with E-state index in [2.05, 4.69) is 5.92 Å². The van der Waals surface area contributed by atoms with Crippen LogP contribution in [-0.4, -0.2) is 24.5 Å². The number of hydrogen-bond acceptors (Lipinski definition) is 4. The van der Waals surface area contributed by atoms with Crippen LogP contribution in [0.2, 0.25) is 5.02 Å². The van der Waals surface area contributed by atoms with Gasteiger partial charge in [0, 0.05) is 6.07 Å². The molecule has 2 rings (SSSR count). The van der Waals surface area contributed by atoms with Gasteiger partial charge in [-0.25, -0.2) is 4.39 Å². The molecule has 0 amide bonds. The van der Waals surface area contributed by atoms with Gasteiger partial charge in [0.05, 0.1) is 17.3 Å². The zero-order valence-corrected chi connectivity index (χ0v) is 13.7. The highest BCUT2D eigenvalue weighted by Crippen LogP contribution is 2.40. The van der Waals surface area contributed by atoms with Crippen molar-refractivity contribution in [2.75, 3.05) is 24.7 Å². The van der Waals surface area contributed by atoms with Gasteiger partial charge in [0.2, 0.25) is 5.16 Å². The van der Waals surface area contributed by atoms with E-state index in [0.717, 1.165) is 6.07 Å². The summed E-state index contributed by atoms with van der Waals surface area (Å²) in [5, 5.41) is 21.7. The Balaban J connectivity index is 2.51. The number of ether oxygens (including phenoxy) is 1. The molecular formula is C15H12Cl2FN3O2. The highest BCUT2D eigenvalue weighted by molar-refractivity contribution is 6.32. The van der Waals surface area contributed by atoms with Gasteiger partial charge in [-0.2, -0.15) is 5.26 Å². The summed E-state index contributed by atoms with van der Waals surface area (Å²) in [6.07, 6.45) is 5.12. The third-order valence-electron chi connectivity index (χ3n) is 3.41. The molecule has 0 fully saturated rings. The molecule has 1 atom stereocenters. The van der Waals surface area contributed by atoms with Crippen molar-refractivity contribution < 1.29 is 13.8 Å². The lowest BCUT2D eigenvalue weighted by molar-refractivity contribution is -0.827. The molecule has 1 aromatic carbocycles. The Morgan fingerprint density at radius 3 is 2.78 bits per heavy atom. The molecule has 8 heteroatoms. The van der Waals surface area contributed by atoms with Gasteiger partial charge >= 0.3 is 0 Å². The molecule has 1 aromatic rings. The van der Waals surface area contributed by atoms with E-state index in [0.29, 0.717) is 0 Å². The second kappa shape index (κ2) is 6.66. The Kier molecular flexibility index (Phi) is 5.03. The summed E-state index contributed by atoms with van der Waals surface area (Å²) in [5.74, 6) is 1.72. The molecule has 120 valence electrons. The minimum atomic E-state index is -0.937. The molecule has 0 N–H and O–H groups in total. The van der Waals surface area contributed by atoms with Gasteiger partial charge < -0.3 is 9.94 Å². The minimum absolute atomic E-state index is 0.0274. The number of anilines is 1.